The molecule has 0 aromatic heterocycles. The van der Waals surface area contributed by atoms with Crippen molar-refractivity contribution in [2.24, 2.45) is 0 Å². The molecule has 3 aliphatic rings. The Morgan fingerprint density at radius 2 is 1.24 bits per heavy atom. The van der Waals surface area contributed by atoms with Crippen LogP contribution < -0.4 is 0 Å². The zero-order chi connectivity index (χ0) is 33.3. The maximum atomic E-state index is 5.84. The second-order valence-electron chi connectivity index (χ2n) is 13.9. The van der Waals surface area contributed by atoms with Gasteiger partial charge in [-0.25, -0.2) is 17.7 Å². The normalized spacial score (nSPS) is 14.2. The molecule has 8 rings (SSSR count). The topological polar surface area (TPSA) is 0 Å². The van der Waals surface area contributed by atoms with Crippen LogP contribution in [0.25, 0.3) is 23.3 Å². The predicted molar refractivity (Wildman–Crippen MR) is 217 cm³/mol. The maximum absolute atomic E-state index is 5.84. The van der Waals surface area contributed by atoms with Crippen molar-refractivity contribution >= 4 is 67.6 Å². The van der Waals surface area contributed by atoms with Crippen LogP contribution >= 0.6 is 48.0 Å². The first-order chi connectivity index (χ1) is 22.4. The molecule has 0 amide bonds. The Bertz CT molecular complexity index is 1920. The molecule has 0 spiro atoms. The van der Waals surface area contributed by atoms with Gasteiger partial charge in [0.25, 0.3) is 0 Å². The van der Waals surface area contributed by atoms with Crippen LogP contribution in [0.4, 0.5) is 0 Å². The van der Waals surface area contributed by atoms with Crippen molar-refractivity contribution in [2.45, 2.75) is 58.8 Å². The number of halogens is 4. The van der Waals surface area contributed by atoms with E-state index in [0.717, 1.165) is 16.5 Å². The Kier molecular flexibility index (Phi) is 13.0. The molecular weight excluding hydrogens is 762 g/mol. The fourth-order valence-electron chi connectivity index (χ4n) is 6.47. The Balaban J connectivity index is 0.000000184. The Morgan fingerprint density at radius 1 is 0.714 bits per heavy atom. The molecule has 0 saturated heterocycles. The van der Waals surface area contributed by atoms with Gasteiger partial charge in [-0.2, -0.15) is 23.3 Å². The Morgan fingerprint density at radius 3 is 1.73 bits per heavy atom. The molecule has 0 aliphatic heterocycles. The molecule has 0 bridgehead atoms. The molecule has 0 radical (unpaired) electrons. The van der Waals surface area contributed by atoms with Gasteiger partial charge in [-0.3, -0.25) is 6.08 Å². The van der Waals surface area contributed by atoms with E-state index in [-0.39, 0.29) is 35.6 Å². The average molecular weight is 804 g/mol. The van der Waals surface area contributed by atoms with Gasteiger partial charge in [-0.05, 0) is 45.9 Å². The third-order valence-corrected chi connectivity index (χ3v) is 12.1. The molecule has 5 heteroatoms. The molecule has 5 aromatic rings. The number of hydrogen-bond acceptors (Lipinski definition) is 0. The summed E-state index contributed by atoms with van der Waals surface area (Å²) < 4.78 is 4.66. The van der Waals surface area contributed by atoms with Gasteiger partial charge in [-0.1, -0.05) is 71.2 Å². The summed E-state index contributed by atoms with van der Waals surface area (Å²) in [6, 6.07) is 32.0. The second-order valence-corrected chi connectivity index (χ2v) is 17.0. The molecule has 0 fully saturated rings. The van der Waals surface area contributed by atoms with E-state index in [1.165, 1.54) is 66.8 Å². The zero-order valence-corrected chi connectivity index (χ0v) is 34.4. The van der Waals surface area contributed by atoms with Gasteiger partial charge in [-0.15, -0.1) is 36.4 Å². The standard InChI is InChI=1S/C23H21.2C7H5Cl.C7H9.2ClH.Zr/c1-22(2)7-5-14-10-18-16(12-20(14)22)9-17-13-21-15(11-19(17)18)6-8-23(21,3)4;2*1-6-2-4-7(8)5-3-6;1-6-3-4-7(2)5-6;;;/h5-7,10-13H,9H2,1-4H3;2*1-5H;3-5H,1-2H3;2*1H;/q-1;;;-1;;;. The van der Waals surface area contributed by atoms with Crippen LogP contribution in [0.2, 0.25) is 10.0 Å². The Hall–Kier alpha value is -2.51. The molecule has 49 heavy (non-hydrogen) atoms. The molecule has 3 aliphatic carbocycles. The summed E-state index contributed by atoms with van der Waals surface area (Å²) in [5, 5.41) is 1.57. The van der Waals surface area contributed by atoms with E-state index in [1.54, 1.807) is 0 Å². The van der Waals surface area contributed by atoms with E-state index in [0.29, 0.717) is 0 Å². The van der Waals surface area contributed by atoms with Crippen LogP contribution in [-0.4, -0.2) is 7.42 Å². The first kappa shape index (κ1) is 39.3. The van der Waals surface area contributed by atoms with E-state index in [4.69, 9.17) is 23.2 Å². The van der Waals surface area contributed by atoms with Gasteiger partial charge >= 0.3 is 123 Å². The third-order valence-electron chi connectivity index (χ3n) is 9.16. The van der Waals surface area contributed by atoms with E-state index in [1.807, 2.05) is 24.3 Å². The molecule has 0 nitrogen and oxygen atoms in total. The number of aryl methyl sites for hydroxylation is 2. The quantitative estimate of drug-likeness (QED) is 0.153. The minimum absolute atomic E-state index is 0. The summed E-state index contributed by atoms with van der Waals surface area (Å²) in [5.74, 6) is 0. The van der Waals surface area contributed by atoms with E-state index < -0.39 is 22.3 Å². The minimum atomic E-state index is -0.623. The molecule has 0 heterocycles. The zero-order valence-electron chi connectivity index (χ0n) is 28.8. The average Bonchev–Trinajstić information content (AvgIpc) is 3.77. The van der Waals surface area contributed by atoms with Gasteiger partial charge in [0.1, 0.15) is 0 Å². The molecular formula is C44H42Cl4Zr-2. The summed E-state index contributed by atoms with van der Waals surface area (Å²) >= 11 is 11.0. The molecule has 0 N–H and O–H groups in total. The molecule has 0 saturated carbocycles. The van der Waals surface area contributed by atoms with Crippen LogP contribution in [0.3, 0.4) is 0 Å². The summed E-state index contributed by atoms with van der Waals surface area (Å²) in [5.41, 5.74) is 16.9. The Labute approximate surface area is 326 Å². The number of fused-ring (bicyclic) bond motifs is 5. The van der Waals surface area contributed by atoms with Crippen molar-refractivity contribution in [3.63, 3.8) is 0 Å². The van der Waals surface area contributed by atoms with Gasteiger partial charge in [0.05, 0.1) is 0 Å². The fraction of sp³-hybridized carbons (Fsp3) is 0.205. The van der Waals surface area contributed by atoms with Crippen molar-refractivity contribution in [1.82, 2.24) is 0 Å². The first-order valence-electron chi connectivity index (χ1n) is 16.2. The van der Waals surface area contributed by atoms with Gasteiger partial charge in [0.2, 0.25) is 0 Å². The van der Waals surface area contributed by atoms with Crippen molar-refractivity contribution in [2.75, 3.05) is 0 Å². The summed E-state index contributed by atoms with van der Waals surface area (Å²) in [6.45, 7) is 13.3. The number of rotatable bonds is 2. The number of hydrogen-bond donors (Lipinski definition) is 0. The van der Waals surface area contributed by atoms with Crippen molar-refractivity contribution in [3.8, 4) is 11.1 Å². The SMILES string of the molecule is CC1(C)[C-]=Cc2cc3c(cc21)Cc1cc2c(cc1-3)C=CC2(C)C.Cc1c[cH-]c(C)c1.Cl.Cl.Clc1ccc([CH]=[Zr]=[CH]c2ccc(Cl)cc2)cc1. The van der Waals surface area contributed by atoms with Gasteiger partial charge in [0.15, 0.2) is 0 Å². The van der Waals surface area contributed by atoms with Crippen molar-refractivity contribution in [3.05, 3.63) is 169 Å². The summed E-state index contributed by atoms with van der Waals surface area (Å²) in [7, 11) is 0. The number of benzene rings is 4. The van der Waals surface area contributed by atoms with Crippen LogP contribution in [0, 0.1) is 19.9 Å². The van der Waals surface area contributed by atoms with Crippen LogP contribution in [0.1, 0.15) is 83.3 Å². The van der Waals surface area contributed by atoms with Crippen molar-refractivity contribution in [1.29, 1.82) is 0 Å². The first-order valence-corrected chi connectivity index (χ1v) is 19.8. The predicted octanol–water partition coefficient (Wildman–Crippen LogP) is 12.6. The molecule has 0 unspecified atom stereocenters. The van der Waals surface area contributed by atoms with E-state index in [2.05, 4.69) is 140 Å². The van der Waals surface area contributed by atoms with Gasteiger partial charge < -0.3 is 0 Å². The monoisotopic (exact) mass is 800 g/mol. The van der Waals surface area contributed by atoms with Gasteiger partial charge in [0, 0.05) is 5.41 Å². The van der Waals surface area contributed by atoms with Crippen molar-refractivity contribution < 1.29 is 22.3 Å². The third kappa shape index (κ3) is 9.24. The molecule has 5 aromatic carbocycles. The van der Waals surface area contributed by atoms with Crippen LogP contribution in [-0.2, 0) is 39.5 Å². The molecule has 252 valence electrons. The van der Waals surface area contributed by atoms with Crippen LogP contribution in [0.15, 0.2) is 97.1 Å². The fourth-order valence-corrected chi connectivity index (χ4v) is 8.82. The molecule has 0 atom stereocenters. The van der Waals surface area contributed by atoms with Crippen LogP contribution in [0.5, 0.6) is 0 Å². The summed E-state index contributed by atoms with van der Waals surface area (Å²) in [4.78, 5) is 0. The second kappa shape index (κ2) is 16.2. The van der Waals surface area contributed by atoms with E-state index >= 15 is 0 Å². The number of allylic oxidation sites excluding steroid dienone is 2. The summed E-state index contributed by atoms with van der Waals surface area (Å²) in [6.07, 6.45) is 11.4. The van der Waals surface area contributed by atoms with E-state index in [9.17, 15) is 0 Å².